The Kier molecular flexibility index (Phi) is 4.18. The lowest BCUT2D eigenvalue weighted by atomic mass is 10.1. The zero-order valence-corrected chi connectivity index (χ0v) is 13.7. The average Bonchev–Trinajstić information content (AvgIpc) is 3.02. The smallest absolute Gasteiger partial charge is 0.161 e. The lowest BCUT2D eigenvalue weighted by molar-refractivity contribution is 0.171. The molecular formula is C19H19NO2S. The van der Waals surface area contributed by atoms with E-state index in [1.54, 1.807) is 0 Å². The minimum Gasteiger partial charge on any atom is -0.486 e. The van der Waals surface area contributed by atoms with Crippen molar-refractivity contribution in [3.63, 3.8) is 0 Å². The van der Waals surface area contributed by atoms with Crippen LogP contribution in [0, 0.1) is 0 Å². The van der Waals surface area contributed by atoms with Crippen LogP contribution in [0.2, 0.25) is 0 Å². The molecule has 23 heavy (non-hydrogen) atoms. The second-order valence-corrected chi connectivity index (χ2v) is 6.57. The molecule has 3 aromatic rings. The second kappa shape index (κ2) is 6.60. The van der Waals surface area contributed by atoms with E-state index < -0.39 is 0 Å². The minimum atomic E-state index is 0.639. The molecule has 0 bridgehead atoms. The molecule has 3 nitrogen and oxygen atoms in total. The normalized spacial score (nSPS) is 13.4. The van der Waals surface area contributed by atoms with Crippen LogP contribution in [0.25, 0.3) is 10.1 Å². The second-order valence-electron chi connectivity index (χ2n) is 5.66. The van der Waals surface area contributed by atoms with Crippen LogP contribution in [0.5, 0.6) is 11.5 Å². The summed E-state index contributed by atoms with van der Waals surface area (Å²) in [6.45, 7) is 3.14. The summed E-state index contributed by atoms with van der Waals surface area (Å²) in [7, 11) is 0. The van der Waals surface area contributed by atoms with E-state index in [2.05, 4.69) is 47.1 Å². The molecule has 0 saturated heterocycles. The number of rotatable bonds is 5. The lowest BCUT2D eigenvalue weighted by Crippen LogP contribution is -2.17. The van der Waals surface area contributed by atoms with Crippen molar-refractivity contribution in [2.45, 2.75) is 13.0 Å². The fourth-order valence-electron chi connectivity index (χ4n) is 2.87. The fourth-order valence-corrected chi connectivity index (χ4v) is 3.83. The van der Waals surface area contributed by atoms with E-state index in [4.69, 9.17) is 9.47 Å². The third-order valence-electron chi connectivity index (χ3n) is 4.07. The summed E-state index contributed by atoms with van der Waals surface area (Å²) in [5, 5.41) is 7.16. The molecule has 0 atom stereocenters. The Hall–Kier alpha value is -2.04. The summed E-state index contributed by atoms with van der Waals surface area (Å²) in [4.78, 5) is 0. The van der Waals surface area contributed by atoms with Gasteiger partial charge in [0.25, 0.3) is 0 Å². The van der Waals surface area contributed by atoms with E-state index in [-0.39, 0.29) is 0 Å². The molecule has 0 saturated carbocycles. The molecule has 0 aliphatic carbocycles. The van der Waals surface area contributed by atoms with Crippen molar-refractivity contribution in [3.8, 4) is 11.5 Å². The van der Waals surface area contributed by atoms with Gasteiger partial charge in [0.05, 0.1) is 0 Å². The maximum atomic E-state index is 5.63. The maximum absolute atomic E-state index is 5.63. The molecule has 1 aliphatic rings. The highest BCUT2D eigenvalue weighted by atomic mass is 32.1. The van der Waals surface area contributed by atoms with Crippen molar-refractivity contribution in [2.75, 3.05) is 19.8 Å². The summed E-state index contributed by atoms with van der Waals surface area (Å²) in [6, 6.07) is 14.8. The van der Waals surface area contributed by atoms with E-state index >= 15 is 0 Å². The number of thiophene rings is 1. The fraction of sp³-hybridized carbons (Fsp3) is 0.263. The molecule has 118 valence electrons. The largest absolute Gasteiger partial charge is 0.486 e. The Morgan fingerprint density at radius 2 is 1.87 bits per heavy atom. The maximum Gasteiger partial charge on any atom is 0.161 e. The van der Waals surface area contributed by atoms with Crippen molar-refractivity contribution >= 4 is 21.4 Å². The number of benzene rings is 2. The molecule has 0 fully saturated rings. The van der Waals surface area contributed by atoms with Crippen molar-refractivity contribution < 1.29 is 9.47 Å². The van der Waals surface area contributed by atoms with Crippen LogP contribution in [0.3, 0.4) is 0 Å². The first-order chi connectivity index (χ1) is 11.4. The number of hydrogen-bond donors (Lipinski definition) is 1. The predicted octanol–water partition coefficient (Wildman–Crippen LogP) is 4.00. The van der Waals surface area contributed by atoms with Crippen molar-refractivity contribution in [3.05, 3.63) is 59.0 Å². The first kappa shape index (κ1) is 14.5. The predicted molar refractivity (Wildman–Crippen MR) is 94.7 cm³/mol. The zero-order chi connectivity index (χ0) is 15.5. The monoisotopic (exact) mass is 325 g/mol. The Labute approximate surface area is 139 Å². The Balaban J connectivity index is 1.33. The number of fused-ring (bicyclic) bond motifs is 2. The van der Waals surface area contributed by atoms with Gasteiger partial charge in [-0.05, 0) is 53.1 Å². The van der Waals surface area contributed by atoms with Gasteiger partial charge < -0.3 is 14.8 Å². The Bertz CT molecular complexity index is 812. The van der Waals surface area contributed by atoms with Crippen LogP contribution in [-0.4, -0.2) is 19.8 Å². The molecule has 0 unspecified atom stereocenters. The van der Waals surface area contributed by atoms with Gasteiger partial charge in [0.1, 0.15) is 13.2 Å². The quantitative estimate of drug-likeness (QED) is 0.719. The summed E-state index contributed by atoms with van der Waals surface area (Å²) in [5.74, 6) is 1.73. The summed E-state index contributed by atoms with van der Waals surface area (Å²) in [6.07, 6.45) is 0.985. The molecule has 1 aromatic heterocycles. The van der Waals surface area contributed by atoms with Gasteiger partial charge in [-0.2, -0.15) is 0 Å². The summed E-state index contributed by atoms with van der Waals surface area (Å²) < 4.78 is 12.5. The molecule has 2 heterocycles. The summed E-state index contributed by atoms with van der Waals surface area (Å²) in [5.41, 5.74) is 2.66. The van der Waals surface area contributed by atoms with Gasteiger partial charge in [0.15, 0.2) is 11.5 Å². The molecule has 4 rings (SSSR count). The minimum absolute atomic E-state index is 0.639. The summed E-state index contributed by atoms with van der Waals surface area (Å²) >= 11 is 1.81. The van der Waals surface area contributed by atoms with Crippen LogP contribution in [0.15, 0.2) is 47.8 Å². The van der Waals surface area contributed by atoms with Gasteiger partial charge in [-0.1, -0.05) is 24.3 Å². The van der Waals surface area contributed by atoms with Crippen LogP contribution >= 0.6 is 11.3 Å². The Morgan fingerprint density at radius 1 is 1.00 bits per heavy atom. The highest BCUT2D eigenvalue weighted by Crippen LogP contribution is 2.30. The van der Waals surface area contributed by atoms with Crippen LogP contribution < -0.4 is 14.8 Å². The third kappa shape index (κ3) is 3.19. The molecule has 0 spiro atoms. The standard InChI is InChI=1S/C19H19NO2S/c1-2-4-19-16(3-1)15(13-23-19)12-20-8-7-14-5-6-17-18(11-14)22-10-9-21-17/h1-6,11,13,20H,7-10,12H2. The molecule has 0 amide bonds. The van der Waals surface area contributed by atoms with Gasteiger partial charge in [-0.25, -0.2) is 0 Å². The number of hydrogen-bond acceptors (Lipinski definition) is 4. The van der Waals surface area contributed by atoms with Gasteiger partial charge >= 0.3 is 0 Å². The average molecular weight is 325 g/mol. The van der Waals surface area contributed by atoms with Crippen LogP contribution in [0.4, 0.5) is 0 Å². The third-order valence-corrected chi connectivity index (χ3v) is 5.09. The topological polar surface area (TPSA) is 30.5 Å². The lowest BCUT2D eigenvalue weighted by Gasteiger charge is -2.18. The van der Waals surface area contributed by atoms with Gasteiger partial charge in [0, 0.05) is 11.2 Å². The van der Waals surface area contributed by atoms with Crippen molar-refractivity contribution in [1.82, 2.24) is 5.32 Å². The van der Waals surface area contributed by atoms with Crippen molar-refractivity contribution in [2.24, 2.45) is 0 Å². The van der Waals surface area contributed by atoms with Gasteiger partial charge in [-0.3, -0.25) is 0 Å². The molecular weight excluding hydrogens is 306 g/mol. The molecule has 2 aromatic carbocycles. The van der Waals surface area contributed by atoms with E-state index in [0.717, 1.165) is 31.0 Å². The highest BCUT2D eigenvalue weighted by Gasteiger charge is 2.11. The van der Waals surface area contributed by atoms with E-state index in [9.17, 15) is 0 Å². The molecule has 4 heteroatoms. The van der Waals surface area contributed by atoms with E-state index in [1.807, 2.05) is 17.4 Å². The number of nitrogens with one attached hydrogen (secondary N) is 1. The van der Waals surface area contributed by atoms with Crippen LogP contribution in [0.1, 0.15) is 11.1 Å². The molecule has 0 radical (unpaired) electrons. The highest BCUT2D eigenvalue weighted by molar-refractivity contribution is 7.17. The van der Waals surface area contributed by atoms with Gasteiger partial charge in [-0.15, -0.1) is 11.3 Å². The van der Waals surface area contributed by atoms with Crippen molar-refractivity contribution in [1.29, 1.82) is 0 Å². The van der Waals surface area contributed by atoms with Crippen LogP contribution in [-0.2, 0) is 13.0 Å². The Morgan fingerprint density at radius 3 is 2.83 bits per heavy atom. The van der Waals surface area contributed by atoms with E-state index in [0.29, 0.717) is 13.2 Å². The first-order valence-electron chi connectivity index (χ1n) is 7.94. The number of ether oxygens (including phenoxy) is 2. The van der Waals surface area contributed by atoms with E-state index in [1.165, 1.54) is 21.2 Å². The molecule has 1 N–H and O–H groups in total. The van der Waals surface area contributed by atoms with Gasteiger partial charge in [0.2, 0.25) is 0 Å². The molecule has 1 aliphatic heterocycles. The zero-order valence-electron chi connectivity index (χ0n) is 12.9. The first-order valence-corrected chi connectivity index (χ1v) is 8.82. The SMILES string of the molecule is c1ccc2c(CNCCc3ccc4c(c3)OCCO4)csc2c1.